The fourth-order valence-corrected chi connectivity index (χ4v) is 5.05. The highest BCUT2D eigenvalue weighted by atomic mass is 32.1. The van der Waals surface area contributed by atoms with Gasteiger partial charge in [0, 0.05) is 55.6 Å². The van der Waals surface area contributed by atoms with Crippen molar-refractivity contribution in [2.45, 2.75) is 20.3 Å². The summed E-state index contributed by atoms with van der Waals surface area (Å²) in [4.78, 5) is 60.6. The highest BCUT2D eigenvalue weighted by molar-refractivity contribution is 7.23. The number of rotatable bonds is 8. The summed E-state index contributed by atoms with van der Waals surface area (Å²) in [7, 11) is 0. The van der Waals surface area contributed by atoms with Crippen LogP contribution in [-0.4, -0.2) is 69.1 Å². The molecule has 3 N–H and O–H groups in total. The number of nitrogens with one attached hydrogen (secondary N) is 3. The standard InChI is InChI=1S/C27H27N9O4S/c1-3-28-26(39)35-27-34-20-13-17(12-19(21(20)41-27)33-23(37)22-29-8-5-9-30-22)18-14-31-25(32-15-18)36-10-6-16(7-11-36)24(38)40-4-2/h5-6,8-9,12-15H,3-4,7,10-11H2,1-2H3,(H,33,37)(H2,28,34,35,39). The van der Waals surface area contributed by atoms with Crippen LogP contribution in [0.4, 0.5) is 21.6 Å². The van der Waals surface area contributed by atoms with Crippen molar-refractivity contribution < 1.29 is 19.1 Å². The number of nitrogens with zero attached hydrogens (tertiary/aromatic N) is 6. The molecule has 1 aliphatic rings. The van der Waals surface area contributed by atoms with Gasteiger partial charge in [-0.15, -0.1) is 0 Å². The summed E-state index contributed by atoms with van der Waals surface area (Å²) in [5, 5.41) is 8.64. The van der Waals surface area contributed by atoms with Crippen LogP contribution in [0.25, 0.3) is 21.3 Å². The Labute approximate surface area is 239 Å². The van der Waals surface area contributed by atoms with Gasteiger partial charge in [0.05, 0.1) is 22.5 Å². The molecular weight excluding hydrogens is 546 g/mol. The Balaban J connectivity index is 1.42. The fraction of sp³-hybridized carbons (Fsp3) is 0.259. The molecule has 4 aromatic rings. The van der Waals surface area contributed by atoms with Crippen LogP contribution in [0.3, 0.4) is 0 Å². The van der Waals surface area contributed by atoms with Gasteiger partial charge >= 0.3 is 12.0 Å². The number of fused-ring (bicyclic) bond motifs is 1. The summed E-state index contributed by atoms with van der Waals surface area (Å²) in [6, 6.07) is 4.89. The number of urea groups is 1. The number of carbonyl (C=O) groups excluding carboxylic acids is 3. The largest absolute Gasteiger partial charge is 0.463 e. The molecule has 0 fully saturated rings. The Morgan fingerprint density at radius 3 is 2.49 bits per heavy atom. The van der Waals surface area contributed by atoms with Gasteiger partial charge in [-0.1, -0.05) is 17.4 Å². The van der Waals surface area contributed by atoms with E-state index in [2.05, 4.69) is 40.9 Å². The van der Waals surface area contributed by atoms with Crippen LogP contribution in [0.5, 0.6) is 0 Å². The monoisotopic (exact) mass is 573 g/mol. The second-order valence-electron chi connectivity index (χ2n) is 8.82. The van der Waals surface area contributed by atoms with Crippen molar-refractivity contribution >= 4 is 56.2 Å². The zero-order valence-electron chi connectivity index (χ0n) is 22.4. The number of amides is 3. The molecular formula is C27H27N9O4S. The van der Waals surface area contributed by atoms with Crippen LogP contribution in [0.15, 0.2) is 54.6 Å². The lowest BCUT2D eigenvalue weighted by Crippen LogP contribution is -2.31. The first-order chi connectivity index (χ1) is 19.9. The molecule has 0 saturated heterocycles. The summed E-state index contributed by atoms with van der Waals surface area (Å²) in [5.74, 6) is -0.217. The van der Waals surface area contributed by atoms with Crippen molar-refractivity contribution in [2.24, 2.45) is 0 Å². The number of carbonyl (C=O) groups is 3. The van der Waals surface area contributed by atoms with Crippen LogP contribution in [-0.2, 0) is 9.53 Å². The minimum Gasteiger partial charge on any atom is -0.463 e. The first kappa shape index (κ1) is 27.6. The third-order valence-electron chi connectivity index (χ3n) is 6.07. The summed E-state index contributed by atoms with van der Waals surface area (Å²) in [6.07, 6.45) is 8.76. The minimum absolute atomic E-state index is 0.0191. The van der Waals surface area contributed by atoms with Crippen LogP contribution < -0.4 is 20.9 Å². The van der Waals surface area contributed by atoms with Crippen LogP contribution >= 0.6 is 11.3 Å². The van der Waals surface area contributed by atoms with E-state index >= 15 is 0 Å². The van der Waals surface area contributed by atoms with Crippen molar-refractivity contribution in [2.75, 3.05) is 41.8 Å². The molecule has 0 atom stereocenters. The minimum atomic E-state index is -0.484. The molecule has 0 bridgehead atoms. The van der Waals surface area contributed by atoms with E-state index in [0.29, 0.717) is 76.3 Å². The average Bonchev–Trinajstić information content (AvgIpc) is 3.40. The Bertz CT molecular complexity index is 1610. The van der Waals surface area contributed by atoms with E-state index in [9.17, 15) is 14.4 Å². The summed E-state index contributed by atoms with van der Waals surface area (Å²) in [6.45, 7) is 5.50. The molecule has 14 heteroatoms. The maximum Gasteiger partial charge on any atom is 0.333 e. The van der Waals surface area contributed by atoms with Crippen LogP contribution in [0.2, 0.25) is 0 Å². The van der Waals surface area contributed by atoms with E-state index in [0.717, 1.165) is 0 Å². The third kappa shape index (κ3) is 6.44. The first-order valence-electron chi connectivity index (χ1n) is 13.0. The van der Waals surface area contributed by atoms with Gasteiger partial charge in [0.1, 0.15) is 0 Å². The number of aromatic nitrogens is 5. The zero-order chi connectivity index (χ0) is 28.8. The van der Waals surface area contributed by atoms with Gasteiger partial charge < -0.3 is 20.3 Å². The van der Waals surface area contributed by atoms with Gasteiger partial charge in [0.25, 0.3) is 5.91 Å². The molecule has 0 aliphatic carbocycles. The van der Waals surface area contributed by atoms with Gasteiger partial charge in [-0.3, -0.25) is 10.1 Å². The van der Waals surface area contributed by atoms with Crippen LogP contribution in [0.1, 0.15) is 30.9 Å². The van der Waals surface area contributed by atoms with Crippen molar-refractivity contribution in [1.29, 1.82) is 0 Å². The predicted molar refractivity (Wildman–Crippen MR) is 155 cm³/mol. The third-order valence-corrected chi connectivity index (χ3v) is 7.09. The number of anilines is 3. The fourth-order valence-electron chi connectivity index (χ4n) is 4.14. The van der Waals surface area contributed by atoms with Crippen molar-refractivity contribution in [3.63, 3.8) is 0 Å². The second-order valence-corrected chi connectivity index (χ2v) is 9.82. The van der Waals surface area contributed by atoms with Crippen molar-refractivity contribution in [3.05, 3.63) is 60.5 Å². The molecule has 1 aliphatic heterocycles. The molecule has 1 aromatic carbocycles. The zero-order valence-corrected chi connectivity index (χ0v) is 23.2. The van der Waals surface area contributed by atoms with E-state index in [1.54, 1.807) is 31.5 Å². The first-order valence-corrected chi connectivity index (χ1v) is 13.8. The smallest absolute Gasteiger partial charge is 0.333 e. The van der Waals surface area contributed by atoms with E-state index < -0.39 is 5.91 Å². The molecule has 4 heterocycles. The summed E-state index contributed by atoms with van der Waals surface area (Å²) < 4.78 is 5.76. The normalized spacial score (nSPS) is 12.9. The molecule has 210 valence electrons. The number of thiazole rings is 1. The van der Waals surface area contributed by atoms with Crippen molar-refractivity contribution in [3.8, 4) is 11.1 Å². The Morgan fingerprint density at radius 2 is 1.80 bits per heavy atom. The SMILES string of the molecule is CCNC(=O)Nc1nc2cc(-c3cnc(N4CC=C(C(=O)OCC)CC4)nc3)cc(NC(=O)c3ncccn3)c2s1. The van der Waals surface area contributed by atoms with Gasteiger partial charge in [-0.2, -0.15) is 0 Å². The lowest BCUT2D eigenvalue weighted by Gasteiger charge is -2.25. The maximum atomic E-state index is 12.9. The van der Waals surface area contributed by atoms with Crippen molar-refractivity contribution in [1.82, 2.24) is 30.2 Å². The Hall–Kier alpha value is -4.98. The lowest BCUT2D eigenvalue weighted by molar-refractivity contribution is -0.138. The number of hydrogen-bond acceptors (Lipinski definition) is 11. The lowest BCUT2D eigenvalue weighted by atomic mass is 10.1. The topological polar surface area (TPSA) is 164 Å². The highest BCUT2D eigenvalue weighted by Gasteiger charge is 2.20. The summed E-state index contributed by atoms with van der Waals surface area (Å²) >= 11 is 1.23. The molecule has 5 rings (SSSR count). The highest BCUT2D eigenvalue weighted by Crippen LogP contribution is 2.36. The quantitative estimate of drug-likeness (QED) is 0.265. The molecule has 3 aromatic heterocycles. The van der Waals surface area contributed by atoms with E-state index in [1.165, 1.54) is 23.7 Å². The van der Waals surface area contributed by atoms with Gasteiger partial charge in [0.15, 0.2) is 5.13 Å². The Kier molecular flexibility index (Phi) is 8.39. The number of esters is 1. The number of hydrogen-bond donors (Lipinski definition) is 3. The maximum absolute atomic E-state index is 12.9. The molecule has 0 spiro atoms. The van der Waals surface area contributed by atoms with Gasteiger partial charge in [-0.25, -0.2) is 34.5 Å². The molecule has 3 amide bonds. The molecule has 13 nitrogen and oxygen atoms in total. The molecule has 0 radical (unpaired) electrons. The molecule has 41 heavy (non-hydrogen) atoms. The number of benzene rings is 1. The van der Waals surface area contributed by atoms with Crippen LogP contribution in [0, 0.1) is 0 Å². The average molecular weight is 574 g/mol. The second kappa shape index (κ2) is 12.5. The van der Waals surface area contributed by atoms with Gasteiger partial charge in [0.2, 0.25) is 11.8 Å². The predicted octanol–water partition coefficient (Wildman–Crippen LogP) is 3.64. The number of ether oxygens (including phenoxy) is 1. The van der Waals surface area contributed by atoms with Gasteiger partial charge in [-0.05, 0) is 44.0 Å². The molecule has 0 saturated carbocycles. The van der Waals surface area contributed by atoms with E-state index in [1.807, 2.05) is 24.0 Å². The Morgan fingerprint density at radius 1 is 1.02 bits per heavy atom. The summed E-state index contributed by atoms with van der Waals surface area (Å²) in [5.41, 5.74) is 3.13. The van der Waals surface area contributed by atoms with E-state index in [4.69, 9.17) is 4.74 Å². The molecule has 0 unspecified atom stereocenters. The van der Waals surface area contributed by atoms with E-state index in [-0.39, 0.29) is 17.8 Å².